The van der Waals surface area contributed by atoms with Crippen molar-refractivity contribution in [1.29, 1.82) is 0 Å². The quantitative estimate of drug-likeness (QED) is 0.833. The number of carbonyl (C=O) groups excluding carboxylic acids is 1. The maximum absolute atomic E-state index is 11.5. The number of carbonyl (C=O) groups is 1. The van der Waals surface area contributed by atoms with Crippen LogP contribution in [0.2, 0.25) is 0 Å². The highest BCUT2D eigenvalue weighted by Gasteiger charge is 2.14. The van der Waals surface area contributed by atoms with Gasteiger partial charge in [0, 0.05) is 17.6 Å². The number of aromatic nitrogens is 1. The second kappa shape index (κ2) is 5.27. The Morgan fingerprint density at radius 1 is 1.47 bits per heavy atom. The van der Waals surface area contributed by atoms with Crippen LogP contribution in [-0.2, 0) is 6.54 Å². The number of thiazole rings is 1. The van der Waals surface area contributed by atoms with Gasteiger partial charge in [0.05, 0.1) is 29.0 Å². The summed E-state index contributed by atoms with van der Waals surface area (Å²) < 4.78 is 0. The number of hydrogen-bond acceptors (Lipinski definition) is 5. The van der Waals surface area contributed by atoms with Gasteiger partial charge in [-0.3, -0.25) is 4.79 Å². The highest BCUT2D eigenvalue weighted by Crippen LogP contribution is 2.25. The van der Waals surface area contributed by atoms with Gasteiger partial charge >= 0.3 is 0 Å². The number of aryl methyl sites for hydroxylation is 1. The van der Waals surface area contributed by atoms with Crippen LogP contribution in [0.25, 0.3) is 0 Å². The van der Waals surface area contributed by atoms with Crippen molar-refractivity contribution in [3.8, 4) is 0 Å². The first-order valence-electron chi connectivity index (χ1n) is 5.78. The number of benzene rings is 1. The summed E-state index contributed by atoms with van der Waals surface area (Å²) >= 11 is 1.59. The summed E-state index contributed by atoms with van der Waals surface area (Å²) in [6.07, 6.45) is 0. The molecule has 100 valence electrons. The molecule has 0 atom stereocenters. The van der Waals surface area contributed by atoms with E-state index >= 15 is 0 Å². The Morgan fingerprint density at radius 3 is 2.79 bits per heavy atom. The lowest BCUT2D eigenvalue weighted by Gasteiger charge is -2.21. The first kappa shape index (κ1) is 13.4. The summed E-state index contributed by atoms with van der Waals surface area (Å²) in [5.74, 6) is -0.456. The molecule has 6 heteroatoms. The van der Waals surface area contributed by atoms with Crippen molar-refractivity contribution < 1.29 is 4.79 Å². The molecule has 0 radical (unpaired) electrons. The molecule has 0 fully saturated rings. The summed E-state index contributed by atoms with van der Waals surface area (Å²) in [7, 11) is 1.90. The summed E-state index contributed by atoms with van der Waals surface area (Å²) in [5.41, 5.74) is 15.8. The largest absolute Gasteiger partial charge is 0.399 e. The number of nitrogens with two attached hydrogens (primary N) is 2. The van der Waals surface area contributed by atoms with Gasteiger partial charge in [-0.2, -0.15) is 0 Å². The lowest BCUT2D eigenvalue weighted by molar-refractivity contribution is 0.100. The monoisotopic (exact) mass is 276 g/mol. The van der Waals surface area contributed by atoms with Crippen LogP contribution >= 0.6 is 11.3 Å². The van der Waals surface area contributed by atoms with Crippen molar-refractivity contribution in [1.82, 2.24) is 4.98 Å². The smallest absolute Gasteiger partial charge is 0.250 e. The van der Waals surface area contributed by atoms with Gasteiger partial charge in [0.1, 0.15) is 0 Å². The third-order valence-corrected chi connectivity index (χ3v) is 3.84. The summed E-state index contributed by atoms with van der Waals surface area (Å²) in [4.78, 5) is 18.8. The van der Waals surface area contributed by atoms with E-state index in [4.69, 9.17) is 11.5 Å². The predicted molar refractivity (Wildman–Crippen MR) is 78.3 cm³/mol. The molecule has 0 aliphatic heterocycles. The summed E-state index contributed by atoms with van der Waals surface area (Å²) in [6, 6.07) is 5.09. The van der Waals surface area contributed by atoms with Gasteiger partial charge in [-0.15, -0.1) is 11.3 Å². The van der Waals surface area contributed by atoms with Crippen molar-refractivity contribution in [3.63, 3.8) is 0 Å². The average Bonchev–Trinajstić information content (AvgIpc) is 2.74. The van der Waals surface area contributed by atoms with Gasteiger partial charge in [0.2, 0.25) is 0 Å². The molecule has 1 aromatic heterocycles. The third kappa shape index (κ3) is 2.85. The molecule has 0 aliphatic rings. The number of anilines is 2. The van der Waals surface area contributed by atoms with E-state index in [1.54, 1.807) is 29.5 Å². The minimum absolute atomic E-state index is 0.456. The molecule has 0 saturated heterocycles. The first-order valence-corrected chi connectivity index (χ1v) is 6.66. The zero-order valence-corrected chi connectivity index (χ0v) is 11.7. The Balaban J connectivity index is 2.32. The zero-order valence-electron chi connectivity index (χ0n) is 10.9. The van der Waals surface area contributed by atoms with E-state index in [1.807, 2.05) is 24.4 Å². The number of primary amides is 1. The van der Waals surface area contributed by atoms with Crippen LogP contribution in [-0.4, -0.2) is 17.9 Å². The van der Waals surface area contributed by atoms with E-state index in [1.165, 1.54) is 0 Å². The summed E-state index contributed by atoms with van der Waals surface area (Å²) in [6.45, 7) is 2.63. The van der Waals surface area contributed by atoms with Gasteiger partial charge in [-0.25, -0.2) is 4.98 Å². The number of nitrogens with zero attached hydrogens (tertiary/aromatic N) is 2. The number of amides is 1. The SMILES string of the molecule is Cc1ncsc1CN(C)c1cc(N)ccc1C(N)=O. The van der Waals surface area contributed by atoms with Gasteiger partial charge in [0.25, 0.3) is 5.91 Å². The van der Waals surface area contributed by atoms with Crippen LogP contribution < -0.4 is 16.4 Å². The molecule has 1 aromatic carbocycles. The molecule has 0 spiro atoms. The number of rotatable bonds is 4. The van der Waals surface area contributed by atoms with Crippen molar-refractivity contribution in [2.45, 2.75) is 13.5 Å². The zero-order chi connectivity index (χ0) is 14.0. The van der Waals surface area contributed by atoms with Gasteiger partial charge in [-0.05, 0) is 25.1 Å². The van der Waals surface area contributed by atoms with Crippen LogP contribution in [0.4, 0.5) is 11.4 Å². The molecule has 0 bridgehead atoms. The van der Waals surface area contributed by atoms with Crippen molar-refractivity contribution in [2.75, 3.05) is 17.7 Å². The highest BCUT2D eigenvalue weighted by atomic mass is 32.1. The molecule has 19 heavy (non-hydrogen) atoms. The van der Waals surface area contributed by atoms with Crippen molar-refractivity contribution in [3.05, 3.63) is 39.8 Å². The standard InChI is InChI=1S/C13H16N4OS/c1-8-12(19-7-16-8)6-17(2)11-5-9(14)3-4-10(11)13(15)18/h3-5,7H,6,14H2,1-2H3,(H2,15,18). The number of hydrogen-bond donors (Lipinski definition) is 2. The molecular weight excluding hydrogens is 260 g/mol. The molecule has 1 amide bonds. The van der Waals surface area contributed by atoms with Crippen LogP contribution in [0.1, 0.15) is 20.9 Å². The highest BCUT2D eigenvalue weighted by molar-refractivity contribution is 7.09. The minimum Gasteiger partial charge on any atom is -0.399 e. The Kier molecular flexibility index (Phi) is 3.71. The molecule has 4 N–H and O–H groups in total. The van der Waals surface area contributed by atoms with Gasteiger partial charge in [-0.1, -0.05) is 0 Å². The van der Waals surface area contributed by atoms with Crippen molar-refractivity contribution >= 4 is 28.6 Å². The molecular formula is C13H16N4OS. The molecule has 0 saturated carbocycles. The van der Waals surface area contributed by atoms with E-state index < -0.39 is 5.91 Å². The number of nitrogen functional groups attached to an aromatic ring is 1. The second-order valence-electron chi connectivity index (χ2n) is 4.36. The maximum atomic E-state index is 11.5. The Morgan fingerprint density at radius 2 is 2.21 bits per heavy atom. The lowest BCUT2D eigenvalue weighted by Crippen LogP contribution is -2.22. The summed E-state index contributed by atoms with van der Waals surface area (Å²) in [5, 5.41) is 0. The third-order valence-electron chi connectivity index (χ3n) is 2.92. The Labute approximate surface area is 115 Å². The van der Waals surface area contributed by atoms with Crippen LogP contribution in [0, 0.1) is 6.92 Å². The van der Waals surface area contributed by atoms with E-state index in [-0.39, 0.29) is 0 Å². The topological polar surface area (TPSA) is 85.2 Å². The van der Waals surface area contributed by atoms with Crippen molar-refractivity contribution in [2.24, 2.45) is 5.73 Å². The molecule has 2 aromatic rings. The molecule has 1 heterocycles. The predicted octanol–water partition coefficient (Wildman–Crippen LogP) is 1.77. The van der Waals surface area contributed by atoms with Gasteiger partial charge in [0.15, 0.2) is 0 Å². The molecule has 5 nitrogen and oxygen atoms in total. The van der Waals surface area contributed by atoms with E-state index in [0.717, 1.165) is 16.3 Å². The van der Waals surface area contributed by atoms with E-state index in [9.17, 15) is 4.79 Å². The Bertz CT molecular complexity index is 608. The van der Waals surface area contributed by atoms with Crippen LogP contribution in [0.3, 0.4) is 0 Å². The van der Waals surface area contributed by atoms with Crippen LogP contribution in [0.5, 0.6) is 0 Å². The molecule has 0 unspecified atom stereocenters. The van der Waals surface area contributed by atoms with Crippen LogP contribution in [0.15, 0.2) is 23.7 Å². The van der Waals surface area contributed by atoms with E-state index in [0.29, 0.717) is 17.8 Å². The first-order chi connectivity index (χ1) is 8.99. The van der Waals surface area contributed by atoms with Gasteiger partial charge < -0.3 is 16.4 Å². The fourth-order valence-electron chi connectivity index (χ4n) is 1.85. The minimum atomic E-state index is -0.456. The molecule has 0 aliphatic carbocycles. The average molecular weight is 276 g/mol. The fourth-order valence-corrected chi connectivity index (χ4v) is 2.68. The maximum Gasteiger partial charge on any atom is 0.250 e. The molecule has 2 rings (SSSR count). The lowest BCUT2D eigenvalue weighted by atomic mass is 10.1. The normalized spacial score (nSPS) is 10.4. The Hall–Kier alpha value is -2.08. The van der Waals surface area contributed by atoms with E-state index in [2.05, 4.69) is 4.98 Å². The fraction of sp³-hybridized carbons (Fsp3) is 0.231. The second-order valence-corrected chi connectivity index (χ2v) is 5.30.